The summed E-state index contributed by atoms with van der Waals surface area (Å²) in [5.41, 5.74) is 7.30. The number of nitrogen functional groups attached to an aromatic ring is 1. The van der Waals surface area contributed by atoms with Gasteiger partial charge in [-0.15, -0.1) is 10.2 Å². The first-order valence-electron chi connectivity index (χ1n) is 5.55. The first kappa shape index (κ1) is 10.5. The molecule has 0 saturated heterocycles. The van der Waals surface area contributed by atoms with E-state index in [9.17, 15) is 0 Å². The summed E-state index contributed by atoms with van der Waals surface area (Å²) < 4.78 is 3.66. The van der Waals surface area contributed by atoms with Gasteiger partial charge in [0.2, 0.25) is 0 Å². The highest BCUT2D eigenvalue weighted by molar-refractivity contribution is 5.33. The Morgan fingerprint density at radius 2 is 2.00 bits per heavy atom. The van der Waals surface area contributed by atoms with Gasteiger partial charge in [0.25, 0.3) is 0 Å². The predicted molar refractivity (Wildman–Crippen MR) is 67.1 cm³/mol. The Morgan fingerprint density at radius 3 is 2.72 bits per heavy atom. The van der Waals surface area contributed by atoms with Gasteiger partial charge in [-0.25, -0.2) is 0 Å². The van der Waals surface area contributed by atoms with Crippen molar-refractivity contribution in [3.8, 4) is 5.69 Å². The Balaban J connectivity index is 1.93. The van der Waals surface area contributed by atoms with E-state index in [1.165, 1.54) is 0 Å². The molecular formula is C12H12N6. The molecule has 3 aromatic rings. The molecule has 0 saturated carbocycles. The fourth-order valence-electron chi connectivity index (χ4n) is 1.78. The second-order valence-corrected chi connectivity index (χ2v) is 3.92. The Bertz CT molecular complexity index is 639. The number of benzene rings is 1. The summed E-state index contributed by atoms with van der Waals surface area (Å²) >= 11 is 0. The van der Waals surface area contributed by atoms with Crippen LogP contribution in [-0.2, 0) is 6.54 Å². The third-order valence-electron chi connectivity index (χ3n) is 2.61. The van der Waals surface area contributed by atoms with Crippen LogP contribution in [0.5, 0.6) is 0 Å². The van der Waals surface area contributed by atoms with Crippen LogP contribution in [0.15, 0.2) is 49.1 Å². The minimum absolute atomic E-state index is 0.534. The molecule has 0 radical (unpaired) electrons. The Labute approximate surface area is 104 Å². The molecule has 6 nitrogen and oxygen atoms in total. The molecule has 0 unspecified atom stereocenters. The predicted octanol–water partition coefficient (Wildman–Crippen LogP) is 1.09. The van der Waals surface area contributed by atoms with Crippen molar-refractivity contribution < 1.29 is 0 Å². The molecule has 0 fully saturated rings. The highest BCUT2D eigenvalue weighted by Crippen LogP contribution is 2.10. The highest BCUT2D eigenvalue weighted by atomic mass is 15.3. The molecule has 3 rings (SSSR count). The molecule has 0 amide bonds. The number of hydrogen-bond acceptors (Lipinski definition) is 4. The van der Waals surface area contributed by atoms with Gasteiger partial charge in [0, 0.05) is 11.9 Å². The zero-order valence-electron chi connectivity index (χ0n) is 9.64. The second kappa shape index (κ2) is 4.33. The second-order valence-electron chi connectivity index (χ2n) is 3.92. The summed E-state index contributed by atoms with van der Waals surface area (Å²) in [6, 6.07) is 9.94. The van der Waals surface area contributed by atoms with Crippen LogP contribution < -0.4 is 5.73 Å². The first-order valence-corrected chi connectivity index (χ1v) is 5.55. The lowest BCUT2D eigenvalue weighted by atomic mass is 10.3. The molecule has 0 aliphatic heterocycles. The van der Waals surface area contributed by atoms with Gasteiger partial charge in [0.15, 0.2) is 5.82 Å². The molecule has 2 aromatic heterocycles. The van der Waals surface area contributed by atoms with Gasteiger partial charge in [-0.2, -0.15) is 5.10 Å². The van der Waals surface area contributed by atoms with Gasteiger partial charge in [-0.05, 0) is 12.1 Å². The molecule has 2 N–H and O–H groups in total. The highest BCUT2D eigenvalue weighted by Gasteiger charge is 2.07. The van der Waals surface area contributed by atoms with Crippen molar-refractivity contribution in [1.82, 2.24) is 24.5 Å². The van der Waals surface area contributed by atoms with Crippen LogP contribution in [0.3, 0.4) is 0 Å². The monoisotopic (exact) mass is 240 g/mol. The Kier molecular flexibility index (Phi) is 2.53. The number of aromatic nitrogens is 5. The van der Waals surface area contributed by atoms with Crippen molar-refractivity contribution >= 4 is 5.69 Å². The number of para-hydroxylation sites is 1. The maximum atomic E-state index is 5.63. The van der Waals surface area contributed by atoms with Crippen molar-refractivity contribution in [2.45, 2.75) is 6.54 Å². The summed E-state index contributed by atoms with van der Waals surface area (Å²) in [7, 11) is 0. The minimum Gasteiger partial charge on any atom is -0.396 e. The summed E-state index contributed by atoms with van der Waals surface area (Å²) in [5.74, 6) is 0.810. The Morgan fingerprint density at radius 1 is 1.17 bits per heavy atom. The molecule has 1 aromatic carbocycles. The number of nitrogens with two attached hydrogens (primary N) is 1. The van der Waals surface area contributed by atoms with E-state index in [4.69, 9.17) is 5.73 Å². The average molecular weight is 240 g/mol. The van der Waals surface area contributed by atoms with E-state index >= 15 is 0 Å². The SMILES string of the molecule is Nc1cnn(Cc2nncn2-c2ccccc2)c1. The molecule has 0 bridgehead atoms. The molecule has 0 aliphatic carbocycles. The number of hydrogen-bond donors (Lipinski definition) is 1. The van der Waals surface area contributed by atoms with E-state index in [0.29, 0.717) is 12.2 Å². The van der Waals surface area contributed by atoms with Crippen LogP contribution in [0.4, 0.5) is 5.69 Å². The van der Waals surface area contributed by atoms with E-state index in [0.717, 1.165) is 11.5 Å². The maximum Gasteiger partial charge on any atom is 0.159 e. The topological polar surface area (TPSA) is 74.6 Å². The van der Waals surface area contributed by atoms with Crippen LogP contribution >= 0.6 is 0 Å². The molecule has 6 heteroatoms. The molecule has 18 heavy (non-hydrogen) atoms. The lowest BCUT2D eigenvalue weighted by molar-refractivity contribution is 0.644. The quantitative estimate of drug-likeness (QED) is 0.743. The van der Waals surface area contributed by atoms with Crippen LogP contribution in [0.1, 0.15) is 5.82 Å². The van der Waals surface area contributed by atoms with Crippen molar-refractivity contribution in [2.24, 2.45) is 0 Å². The molecule has 0 spiro atoms. The average Bonchev–Trinajstić information content (AvgIpc) is 3.00. The van der Waals surface area contributed by atoms with E-state index in [1.807, 2.05) is 34.9 Å². The fourth-order valence-corrected chi connectivity index (χ4v) is 1.78. The molecule has 90 valence electrons. The summed E-state index contributed by atoms with van der Waals surface area (Å²) in [6.07, 6.45) is 5.07. The van der Waals surface area contributed by atoms with E-state index in [1.54, 1.807) is 23.4 Å². The van der Waals surface area contributed by atoms with Gasteiger partial charge in [-0.1, -0.05) is 18.2 Å². The van der Waals surface area contributed by atoms with Crippen LogP contribution in [0.25, 0.3) is 5.69 Å². The van der Waals surface area contributed by atoms with Crippen LogP contribution in [0, 0.1) is 0 Å². The molecule has 0 aliphatic rings. The minimum atomic E-state index is 0.534. The number of anilines is 1. The van der Waals surface area contributed by atoms with Gasteiger partial charge in [0.1, 0.15) is 12.9 Å². The molecule has 0 atom stereocenters. The normalized spacial score (nSPS) is 10.7. The van der Waals surface area contributed by atoms with Crippen molar-refractivity contribution in [3.63, 3.8) is 0 Å². The first-order chi connectivity index (χ1) is 8.83. The molecular weight excluding hydrogens is 228 g/mol. The van der Waals surface area contributed by atoms with E-state index in [-0.39, 0.29) is 0 Å². The van der Waals surface area contributed by atoms with Crippen LogP contribution in [0.2, 0.25) is 0 Å². The standard InChI is InChI=1S/C12H12N6/c13-10-6-15-17(7-10)8-12-16-14-9-18(12)11-4-2-1-3-5-11/h1-7,9H,8,13H2. The lowest BCUT2D eigenvalue weighted by Gasteiger charge is -2.06. The van der Waals surface area contributed by atoms with Gasteiger partial charge in [-0.3, -0.25) is 9.25 Å². The maximum absolute atomic E-state index is 5.63. The summed E-state index contributed by atoms with van der Waals surface area (Å²) in [5, 5.41) is 12.2. The van der Waals surface area contributed by atoms with Crippen molar-refractivity contribution in [2.75, 3.05) is 5.73 Å². The van der Waals surface area contributed by atoms with Gasteiger partial charge in [0.05, 0.1) is 11.9 Å². The largest absolute Gasteiger partial charge is 0.396 e. The van der Waals surface area contributed by atoms with Crippen molar-refractivity contribution in [3.05, 3.63) is 54.9 Å². The third kappa shape index (κ3) is 1.95. The summed E-state index contributed by atoms with van der Waals surface area (Å²) in [6.45, 7) is 0.534. The zero-order valence-corrected chi connectivity index (χ0v) is 9.64. The smallest absolute Gasteiger partial charge is 0.159 e. The van der Waals surface area contributed by atoms with E-state index < -0.39 is 0 Å². The van der Waals surface area contributed by atoms with Gasteiger partial charge < -0.3 is 5.73 Å². The third-order valence-corrected chi connectivity index (χ3v) is 2.61. The van der Waals surface area contributed by atoms with Crippen LogP contribution in [-0.4, -0.2) is 24.5 Å². The molecule has 2 heterocycles. The van der Waals surface area contributed by atoms with Crippen molar-refractivity contribution in [1.29, 1.82) is 0 Å². The summed E-state index contributed by atoms with van der Waals surface area (Å²) in [4.78, 5) is 0. The number of rotatable bonds is 3. The van der Waals surface area contributed by atoms with E-state index in [2.05, 4.69) is 15.3 Å². The number of nitrogens with zero attached hydrogens (tertiary/aromatic N) is 5. The lowest BCUT2D eigenvalue weighted by Crippen LogP contribution is -2.07. The zero-order chi connectivity index (χ0) is 12.4. The fraction of sp³-hybridized carbons (Fsp3) is 0.0833. The Hall–Kier alpha value is -2.63. The van der Waals surface area contributed by atoms with Gasteiger partial charge >= 0.3 is 0 Å².